The molecule has 1 fully saturated rings. The fourth-order valence-corrected chi connectivity index (χ4v) is 13.0. The van der Waals surface area contributed by atoms with Gasteiger partial charge in [0.2, 0.25) is 23.2 Å². The fourth-order valence-electron chi connectivity index (χ4n) is 13.0. The maximum atomic E-state index is 15.2. The van der Waals surface area contributed by atoms with Crippen molar-refractivity contribution >= 4 is 86.2 Å². The highest BCUT2D eigenvalue weighted by Gasteiger charge is 2.49. The summed E-state index contributed by atoms with van der Waals surface area (Å²) in [6.45, 7) is 14.7. The molecule has 3 aromatic rings. The number of aliphatic hydroxyl groups is 3. The number of carbonyl (C=O) groups is 8. The van der Waals surface area contributed by atoms with Crippen LogP contribution in [0.25, 0.3) is 33.3 Å². The number of benzene rings is 4. The monoisotopic (exact) mass is 1380 g/mol. The van der Waals surface area contributed by atoms with Crippen LogP contribution in [0.4, 0.5) is 21.9 Å². The van der Waals surface area contributed by atoms with Crippen molar-refractivity contribution in [1.29, 1.82) is 0 Å². The number of aromatic hydroxyl groups is 1. The molecule has 1 saturated heterocycles. The summed E-state index contributed by atoms with van der Waals surface area (Å²) in [6, 6.07) is 8.40. The number of aliphatic hydroxyl groups excluding tert-OH is 3. The molecule has 3 aromatic carbocycles. The van der Waals surface area contributed by atoms with E-state index in [-0.39, 0.29) is 101 Å². The van der Waals surface area contributed by atoms with Crippen LogP contribution in [0, 0.1) is 29.6 Å². The Kier molecular flexibility index (Phi) is 24.2. The highest BCUT2D eigenvalue weighted by Crippen LogP contribution is 2.49. The fraction of sp³-hybridized carbons (Fsp3) is 0.479. The van der Waals surface area contributed by atoms with Gasteiger partial charge in [-0.3, -0.25) is 43.3 Å². The maximum absolute atomic E-state index is 15.2. The zero-order valence-corrected chi connectivity index (χ0v) is 57.8. The lowest BCUT2D eigenvalue weighted by Crippen LogP contribution is -2.54. The molecule has 11 atom stereocenters. The van der Waals surface area contributed by atoms with E-state index in [2.05, 4.69) is 31.5 Å². The first-order chi connectivity index (χ1) is 47.6. The molecule has 4 bridgehead atoms. The van der Waals surface area contributed by atoms with E-state index in [0.717, 1.165) is 30.2 Å². The topological polar surface area (TPSA) is 390 Å². The molecule has 1 aliphatic carbocycles. The van der Waals surface area contributed by atoms with Gasteiger partial charge in [-0.15, -0.1) is 0 Å². The van der Waals surface area contributed by atoms with Gasteiger partial charge in [0.25, 0.3) is 23.5 Å². The molecule has 0 saturated carbocycles. The van der Waals surface area contributed by atoms with Crippen molar-refractivity contribution in [3.05, 3.63) is 112 Å². The minimum atomic E-state index is -2.13. The molecule has 11 N–H and O–H groups in total. The second-order valence-electron chi connectivity index (χ2n) is 26.8. The Hall–Kier alpha value is -9.70. The van der Waals surface area contributed by atoms with Gasteiger partial charge in [0.05, 0.1) is 41.6 Å². The molecule has 5 aliphatic heterocycles. The molecule has 9 rings (SSSR count). The lowest BCUT2D eigenvalue weighted by molar-refractivity contribution is -0.137. The van der Waals surface area contributed by atoms with E-state index in [1.807, 2.05) is 0 Å². The summed E-state index contributed by atoms with van der Waals surface area (Å²) in [5, 5.41) is 59.5. The Labute approximate surface area is 578 Å². The minimum Gasteiger partial charge on any atom is -0.507 e. The third-order valence-corrected chi connectivity index (χ3v) is 19.1. The molecular formula is C73H91N9O18. The largest absolute Gasteiger partial charge is 0.507 e. The van der Waals surface area contributed by atoms with Gasteiger partial charge in [-0.1, -0.05) is 78.3 Å². The van der Waals surface area contributed by atoms with Gasteiger partial charge < -0.3 is 81.0 Å². The van der Waals surface area contributed by atoms with E-state index < -0.39 is 130 Å². The van der Waals surface area contributed by atoms with Crippen LogP contribution >= 0.6 is 0 Å². The molecule has 0 aromatic heterocycles. The van der Waals surface area contributed by atoms with Crippen molar-refractivity contribution in [2.45, 2.75) is 162 Å². The number of nitrogens with one attached hydrogen (secondary N) is 5. The number of Topliss-reactive ketones (excluding diaryl/α,β-unsaturated/α-hetero) is 1. The smallest absolute Gasteiger partial charge is 0.312 e. The molecule has 6 aliphatic rings. The highest BCUT2D eigenvalue weighted by atomic mass is 16.7. The number of nitrogens with zero attached hydrogens (tertiary/aromatic N) is 3. The number of nitrogens with two attached hydrogens (primary N) is 1. The maximum Gasteiger partial charge on any atom is 0.312 e. The number of ketones is 1. The number of allylic oxidation sites excluding steroid dienone is 2. The number of amides is 8. The van der Waals surface area contributed by atoms with Crippen LogP contribution in [0.5, 0.6) is 17.2 Å². The van der Waals surface area contributed by atoms with Crippen LogP contribution in [-0.4, -0.2) is 153 Å². The molecule has 27 nitrogen and oxygen atoms in total. The second-order valence-corrected chi connectivity index (χ2v) is 26.8. The van der Waals surface area contributed by atoms with Gasteiger partial charge in [-0.2, -0.15) is 0 Å². The number of hydrogen-bond donors (Lipinski definition) is 10. The molecule has 0 radical (unpaired) electrons. The molecule has 1 unspecified atom stereocenters. The number of unbranched alkanes of at least 4 members (excludes halogenated alkanes) is 2. The first-order valence-corrected chi connectivity index (χ1v) is 34.0. The number of ether oxygens (including phenoxy) is 4. The van der Waals surface area contributed by atoms with Crippen molar-refractivity contribution < 1.29 is 82.1 Å². The number of imide groups is 1. The van der Waals surface area contributed by atoms with Crippen molar-refractivity contribution in [3.8, 4) is 28.7 Å². The Morgan fingerprint density at radius 3 is 2.21 bits per heavy atom. The first-order valence-electron chi connectivity index (χ1n) is 34.0. The number of piperidine rings is 1. The number of methoxy groups -OCH3 is 1. The van der Waals surface area contributed by atoms with E-state index >= 15 is 9.59 Å². The number of phenolic OH excluding ortho intramolecular Hbond substituents is 1. The number of primary amides is 1. The van der Waals surface area contributed by atoms with Gasteiger partial charge in [0.15, 0.2) is 17.1 Å². The second kappa shape index (κ2) is 32.5. The first kappa shape index (κ1) is 74.5. The predicted molar refractivity (Wildman–Crippen MR) is 372 cm³/mol. The molecule has 536 valence electrons. The third-order valence-electron chi connectivity index (χ3n) is 19.1. The van der Waals surface area contributed by atoms with Gasteiger partial charge in [-0.25, -0.2) is 9.78 Å². The van der Waals surface area contributed by atoms with Crippen LogP contribution in [0.1, 0.15) is 129 Å². The van der Waals surface area contributed by atoms with Gasteiger partial charge >= 0.3 is 11.8 Å². The number of aromatic nitrogens is 1. The van der Waals surface area contributed by atoms with Crippen molar-refractivity contribution in [3.63, 3.8) is 0 Å². The van der Waals surface area contributed by atoms with E-state index in [1.165, 1.54) is 51.5 Å². The molecular weight excluding hydrogens is 1290 g/mol. The number of rotatable bonds is 21. The predicted octanol–water partition coefficient (Wildman–Crippen LogP) is 7.14. The van der Waals surface area contributed by atoms with E-state index in [9.17, 15) is 54.0 Å². The van der Waals surface area contributed by atoms with Crippen molar-refractivity contribution in [1.82, 2.24) is 25.8 Å². The standard InChI is InChI=1S/C73H91N9O18/c1-38(2)59(78-53(84)21-12-10-15-32-82-54(85)26-27-55(82)86)71(94)77-47(20-17-29-75-72(74)95)70(93)76-45-24-22-44(23-25-45)37-97-51-34-46(81-30-13-11-14-31-81)35-52-60(51)79-61-58-56-48(83)36-50-57(58)68(91)73(8,100-50)98-33-28-49(96-9)41(5)64(88)43(7)65(89)42(6)63(87)39(3)18-16-19-40(4)69(92)80-62(66(56)90)67(61)99-52/h16,18-19,22-28,33-36,38-39,41-43,47,49,59,63-65,83,87-89H,10-15,17,20-21,29-32,37H2,1-9H3,(H,76,93)(H,77,94)(H,78,84)(H,80,92)(H3,74,75,95)/b18-16+,33-28+,40-19-/t39-,41+,42+,43-,47-,49-,59?,63-,64+,65+,73-/m0/s1. The number of hydrogen-bond acceptors (Lipinski definition) is 20. The summed E-state index contributed by atoms with van der Waals surface area (Å²) in [5.41, 5.74) is 5.58. The number of fused-ring (bicyclic) bond motifs is 2. The summed E-state index contributed by atoms with van der Waals surface area (Å²) < 4.78 is 31.6. The van der Waals surface area contributed by atoms with Crippen LogP contribution in [0.3, 0.4) is 0 Å². The van der Waals surface area contributed by atoms with Gasteiger partial charge in [-0.05, 0) is 81.6 Å². The zero-order chi connectivity index (χ0) is 72.4. The van der Waals surface area contributed by atoms with Crippen LogP contribution < -0.4 is 52.1 Å². The molecule has 5 heterocycles. The van der Waals surface area contributed by atoms with Crippen molar-refractivity contribution in [2.75, 3.05) is 48.8 Å². The Morgan fingerprint density at radius 1 is 0.840 bits per heavy atom. The van der Waals surface area contributed by atoms with Crippen LogP contribution in [0.2, 0.25) is 0 Å². The summed E-state index contributed by atoms with van der Waals surface area (Å²) in [6.07, 6.45) is 10.2. The van der Waals surface area contributed by atoms with Crippen LogP contribution in [-0.2, 0) is 44.8 Å². The molecule has 0 spiro atoms. The average molecular weight is 1380 g/mol. The number of urea groups is 1. The summed E-state index contributed by atoms with van der Waals surface area (Å²) in [5.74, 6) is -10.0. The van der Waals surface area contributed by atoms with E-state index in [0.29, 0.717) is 49.3 Å². The zero-order valence-electron chi connectivity index (χ0n) is 57.8. The Morgan fingerprint density at radius 2 is 1.53 bits per heavy atom. The number of anilines is 3. The SMILES string of the molecule is CO[C@H]1/C=C/O[C@@]2(C)Oc3cc(O)c4c(=O)c(c5oc6cc(N7CCCCC7)cc(OCc7ccc(NC(=O)[C@H](CCCNC(N)=O)NC(=O)C(NC(=O)CCCCCN8C(=O)C=CC8=O)C(C)C)cc7)c6nc-5c4c3C2=O)NC(=O)/C(C)=C\C=C\[C@H](C)[C@H](O)[C@@H](C)[C@@H](O)[C@@H](C)[C@H](O)[C@@H]1C. The summed E-state index contributed by atoms with van der Waals surface area (Å²) >= 11 is 0. The average Bonchev–Trinajstić information content (AvgIpc) is 1.29. The minimum absolute atomic E-state index is 0.0690. The highest BCUT2D eigenvalue weighted by molar-refractivity contribution is 6.22. The summed E-state index contributed by atoms with van der Waals surface area (Å²) in [4.78, 5) is 130. The van der Waals surface area contributed by atoms with Gasteiger partial charge in [0.1, 0.15) is 47.1 Å². The lowest BCUT2D eigenvalue weighted by atomic mass is 9.78. The van der Waals surface area contributed by atoms with Crippen LogP contribution in [0.15, 0.2) is 100.0 Å². The molecule has 8 amide bonds. The molecule has 27 heteroatoms. The Balaban J connectivity index is 1.03. The Bertz CT molecular complexity index is 4050. The van der Waals surface area contributed by atoms with Crippen molar-refractivity contribution in [2.24, 2.45) is 35.3 Å². The lowest BCUT2D eigenvalue weighted by Gasteiger charge is -2.36. The normalized spacial score (nSPS) is 24.7. The summed E-state index contributed by atoms with van der Waals surface area (Å²) in [7, 11) is 1.42. The quantitative estimate of drug-likeness (QED) is 0.0151. The van der Waals surface area contributed by atoms with E-state index in [4.69, 9.17) is 34.1 Å². The van der Waals surface area contributed by atoms with E-state index in [1.54, 1.807) is 90.1 Å². The van der Waals surface area contributed by atoms with Gasteiger partial charge in [0, 0.05) is 123 Å². The molecule has 100 heavy (non-hydrogen) atoms. The number of carbonyl (C=O) groups excluding carboxylic acids is 8. The third kappa shape index (κ3) is 16.9. The number of phenols is 1.